The lowest BCUT2D eigenvalue weighted by Gasteiger charge is -2.21. The molecule has 29 heavy (non-hydrogen) atoms. The van der Waals surface area contributed by atoms with E-state index in [1.165, 1.54) is 19.1 Å². The van der Waals surface area contributed by atoms with Gasteiger partial charge < -0.3 is 10.1 Å². The molecular formula is C22H27NO5S. The van der Waals surface area contributed by atoms with Crippen LogP contribution >= 0.6 is 0 Å². The number of carbonyl (C=O) groups excluding carboxylic acids is 2. The van der Waals surface area contributed by atoms with Gasteiger partial charge in [0, 0.05) is 6.26 Å². The molecule has 0 aliphatic rings. The van der Waals surface area contributed by atoms with Crippen molar-refractivity contribution in [1.29, 1.82) is 0 Å². The Kier molecular flexibility index (Phi) is 7.56. The van der Waals surface area contributed by atoms with Crippen LogP contribution in [-0.2, 0) is 19.4 Å². The van der Waals surface area contributed by atoms with Gasteiger partial charge in [0.1, 0.15) is 0 Å². The van der Waals surface area contributed by atoms with Gasteiger partial charge in [-0.3, -0.25) is 4.79 Å². The molecule has 1 amide bonds. The van der Waals surface area contributed by atoms with Crippen LogP contribution in [0.15, 0.2) is 53.4 Å². The van der Waals surface area contributed by atoms with Crippen LogP contribution in [0.25, 0.3) is 0 Å². The van der Waals surface area contributed by atoms with Crippen molar-refractivity contribution in [2.75, 3.05) is 6.26 Å². The molecule has 6 nitrogen and oxygen atoms in total. The number of esters is 1. The van der Waals surface area contributed by atoms with Crippen molar-refractivity contribution >= 4 is 21.7 Å². The number of benzene rings is 2. The van der Waals surface area contributed by atoms with Crippen LogP contribution in [0.1, 0.15) is 54.2 Å². The lowest BCUT2D eigenvalue weighted by molar-refractivity contribution is -0.129. The molecular weight excluding hydrogens is 390 g/mol. The van der Waals surface area contributed by atoms with Crippen LogP contribution in [0, 0.1) is 6.92 Å². The van der Waals surface area contributed by atoms with Gasteiger partial charge in [-0.15, -0.1) is 0 Å². The maximum atomic E-state index is 12.6. The summed E-state index contributed by atoms with van der Waals surface area (Å²) in [5.74, 6) is -1.14. The van der Waals surface area contributed by atoms with Crippen LogP contribution in [-0.4, -0.2) is 32.7 Å². The summed E-state index contributed by atoms with van der Waals surface area (Å²) in [4.78, 5) is 25.2. The van der Waals surface area contributed by atoms with E-state index in [0.717, 1.165) is 24.7 Å². The second-order valence-electron chi connectivity index (χ2n) is 7.06. The molecule has 0 bridgehead atoms. The van der Waals surface area contributed by atoms with E-state index in [1.54, 1.807) is 13.0 Å². The van der Waals surface area contributed by atoms with Crippen molar-refractivity contribution in [3.8, 4) is 0 Å². The summed E-state index contributed by atoms with van der Waals surface area (Å²) in [5.41, 5.74) is 1.68. The Morgan fingerprint density at radius 3 is 2.34 bits per heavy atom. The molecule has 156 valence electrons. The van der Waals surface area contributed by atoms with Gasteiger partial charge in [0.2, 0.25) is 0 Å². The van der Waals surface area contributed by atoms with Crippen molar-refractivity contribution in [2.24, 2.45) is 0 Å². The zero-order valence-electron chi connectivity index (χ0n) is 17.1. The first-order valence-corrected chi connectivity index (χ1v) is 11.4. The Hall–Kier alpha value is -2.67. The number of aryl methyl sites for hydroxylation is 1. The van der Waals surface area contributed by atoms with E-state index >= 15 is 0 Å². The zero-order valence-corrected chi connectivity index (χ0v) is 18.0. The Labute approximate surface area is 172 Å². The van der Waals surface area contributed by atoms with Crippen molar-refractivity contribution in [3.05, 3.63) is 65.2 Å². The van der Waals surface area contributed by atoms with Gasteiger partial charge in [-0.25, -0.2) is 13.2 Å². The molecule has 2 rings (SSSR count). The summed E-state index contributed by atoms with van der Waals surface area (Å²) in [6.07, 6.45) is 1.68. The lowest BCUT2D eigenvalue weighted by Crippen LogP contribution is -2.38. The smallest absolute Gasteiger partial charge is 0.339 e. The van der Waals surface area contributed by atoms with Gasteiger partial charge in [0.25, 0.3) is 5.91 Å². The molecule has 0 aliphatic heterocycles. The monoisotopic (exact) mass is 417 g/mol. The number of ether oxygens (including phenoxy) is 1. The molecule has 2 aromatic carbocycles. The molecule has 0 fully saturated rings. The van der Waals surface area contributed by atoms with E-state index in [9.17, 15) is 18.0 Å². The minimum absolute atomic E-state index is 0.0271. The average Bonchev–Trinajstić information content (AvgIpc) is 2.67. The van der Waals surface area contributed by atoms with E-state index in [1.807, 2.05) is 37.3 Å². The third-order valence-corrected chi connectivity index (χ3v) is 5.72. The highest BCUT2D eigenvalue weighted by molar-refractivity contribution is 7.90. The molecule has 0 aliphatic carbocycles. The highest BCUT2D eigenvalue weighted by Crippen LogP contribution is 2.20. The number of hydrogen-bond donors (Lipinski definition) is 1. The summed E-state index contributed by atoms with van der Waals surface area (Å²) >= 11 is 0. The normalized spacial score (nSPS) is 13.4. The van der Waals surface area contributed by atoms with E-state index < -0.39 is 27.8 Å². The summed E-state index contributed by atoms with van der Waals surface area (Å²) in [7, 11) is -3.46. The first kappa shape index (κ1) is 22.6. The summed E-state index contributed by atoms with van der Waals surface area (Å²) in [6, 6.07) is 13.7. The van der Waals surface area contributed by atoms with Gasteiger partial charge in [0.05, 0.1) is 16.5 Å². The van der Waals surface area contributed by atoms with Crippen LogP contribution < -0.4 is 5.32 Å². The predicted octanol–water partition coefficient (Wildman–Crippen LogP) is 3.60. The van der Waals surface area contributed by atoms with Crippen molar-refractivity contribution < 1.29 is 22.7 Å². The van der Waals surface area contributed by atoms with E-state index in [4.69, 9.17) is 4.74 Å². The topological polar surface area (TPSA) is 89.5 Å². The molecule has 0 heterocycles. The molecule has 2 atom stereocenters. The van der Waals surface area contributed by atoms with Crippen molar-refractivity contribution in [1.82, 2.24) is 5.32 Å². The van der Waals surface area contributed by atoms with E-state index in [2.05, 4.69) is 5.32 Å². The minimum Gasteiger partial charge on any atom is -0.449 e. The van der Waals surface area contributed by atoms with Gasteiger partial charge >= 0.3 is 5.97 Å². The molecule has 0 unspecified atom stereocenters. The predicted molar refractivity (Wildman–Crippen MR) is 111 cm³/mol. The van der Waals surface area contributed by atoms with Crippen molar-refractivity contribution in [3.63, 3.8) is 0 Å². The summed E-state index contributed by atoms with van der Waals surface area (Å²) in [6.45, 7) is 5.21. The molecule has 0 spiro atoms. The van der Waals surface area contributed by atoms with Crippen molar-refractivity contribution in [2.45, 2.75) is 50.7 Å². The minimum atomic E-state index is -3.46. The first-order valence-electron chi connectivity index (χ1n) is 9.50. The molecule has 0 saturated heterocycles. The summed E-state index contributed by atoms with van der Waals surface area (Å²) < 4.78 is 28.8. The highest BCUT2D eigenvalue weighted by atomic mass is 32.2. The van der Waals surface area contributed by atoms with Crippen LogP contribution in [0.2, 0.25) is 0 Å². The Morgan fingerprint density at radius 2 is 1.76 bits per heavy atom. The Bertz CT molecular complexity index is 970. The standard InChI is InChI=1S/C22H27NO5S/c1-5-9-20(17-10-7-6-8-11-17)23-21(24)16(3)28-22(25)19-14-18(29(4,26)27)13-12-15(19)2/h6-8,10-14,16,20H,5,9H2,1-4H3,(H,23,24)/t16-,20+/m0/s1. The second kappa shape index (κ2) is 9.69. The fourth-order valence-corrected chi connectivity index (χ4v) is 3.56. The van der Waals surface area contributed by atoms with Gasteiger partial charge in [-0.1, -0.05) is 49.7 Å². The van der Waals surface area contributed by atoms with Gasteiger partial charge in [0.15, 0.2) is 15.9 Å². The molecule has 0 aromatic heterocycles. The van der Waals surface area contributed by atoms with Gasteiger partial charge in [-0.05, 0) is 43.5 Å². The molecule has 2 aromatic rings. The fraction of sp³-hybridized carbons (Fsp3) is 0.364. The SMILES string of the molecule is CCC[C@@H](NC(=O)[C@H](C)OC(=O)c1cc(S(C)(=O)=O)ccc1C)c1ccccc1. The lowest BCUT2D eigenvalue weighted by atomic mass is 10.0. The number of sulfone groups is 1. The van der Waals surface area contributed by atoms with Gasteiger partial charge in [-0.2, -0.15) is 0 Å². The number of rotatable bonds is 8. The van der Waals surface area contributed by atoms with Crippen LogP contribution in [0.3, 0.4) is 0 Å². The van der Waals surface area contributed by atoms with Crippen LogP contribution in [0.4, 0.5) is 0 Å². The van der Waals surface area contributed by atoms with Crippen LogP contribution in [0.5, 0.6) is 0 Å². The third-order valence-electron chi connectivity index (χ3n) is 4.61. The Morgan fingerprint density at radius 1 is 1.10 bits per heavy atom. The molecule has 0 saturated carbocycles. The molecule has 1 N–H and O–H groups in total. The number of hydrogen-bond acceptors (Lipinski definition) is 5. The molecule has 0 radical (unpaired) electrons. The Balaban J connectivity index is 2.11. The average molecular weight is 418 g/mol. The largest absolute Gasteiger partial charge is 0.449 e. The number of amides is 1. The second-order valence-corrected chi connectivity index (χ2v) is 9.07. The highest BCUT2D eigenvalue weighted by Gasteiger charge is 2.23. The maximum absolute atomic E-state index is 12.6. The van der Waals surface area contributed by atoms with E-state index in [-0.39, 0.29) is 16.5 Å². The molecule has 7 heteroatoms. The van der Waals surface area contributed by atoms with E-state index in [0.29, 0.717) is 5.56 Å². The number of carbonyl (C=O) groups is 2. The third kappa shape index (κ3) is 6.15. The number of nitrogens with one attached hydrogen (secondary N) is 1. The quantitative estimate of drug-likeness (QED) is 0.663. The maximum Gasteiger partial charge on any atom is 0.339 e. The zero-order chi connectivity index (χ0) is 21.6. The summed E-state index contributed by atoms with van der Waals surface area (Å²) in [5, 5.41) is 2.93. The first-order chi connectivity index (χ1) is 13.6. The fourth-order valence-electron chi connectivity index (χ4n) is 2.91.